The zero-order valence-electron chi connectivity index (χ0n) is 13.8. The first kappa shape index (κ1) is 17.9. The lowest BCUT2D eigenvalue weighted by Gasteiger charge is -2.29. The topological polar surface area (TPSA) is 119 Å². The number of ether oxygens (including phenoxy) is 2. The van der Waals surface area contributed by atoms with E-state index in [9.17, 15) is 22.6 Å². The largest absolute Gasteiger partial charge is 0.419 e. The number of nitrogens with one attached hydrogen (secondary N) is 1. The molecule has 136 valence electrons. The average Bonchev–Trinajstić information content (AvgIpc) is 2.51. The number of carbonyl (C=O) groups excluding carboxylic acids is 2. The number of cyclic esters (lactones) is 2. The summed E-state index contributed by atoms with van der Waals surface area (Å²) in [6.07, 6.45) is 0.985. The molecule has 26 heavy (non-hydrogen) atoms. The molecule has 0 aliphatic carbocycles. The van der Waals surface area contributed by atoms with Crippen LogP contribution in [0.15, 0.2) is 53.1 Å². The van der Waals surface area contributed by atoms with Gasteiger partial charge in [0.15, 0.2) is 5.57 Å². The third-order valence-electron chi connectivity index (χ3n) is 3.63. The predicted octanol–water partition coefficient (Wildman–Crippen LogP) is 2.22. The second kappa shape index (κ2) is 6.11. The maximum absolute atomic E-state index is 11.9. The van der Waals surface area contributed by atoms with Crippen LogP contribution in [-0.4, -0.2) is 30.7 Å². The highest BCUT2D eigenvalue weighted by Crippen LogP contribution is 2.31. The van der Waals surface area contributed by atoms with Gasteiger partial charge in [0, 0.05) is 25.4 Å². The van der Waals surface area contributed by atoms with Gasteiger partial charge in [-0.2, -0.15) is 8.42 Å². The molecule has 9 heteroatoms. The lowest BCUT2D eigenvalue weighted by Crippen LogP contribution is -2.42. The van der Waals surface area contributed by atoms with E-state index in [2.05, 4.69) is 5.32 Å². The van der Waals surface area contributed by atoms with E-state index >= 15 is 0 Å². The highest BCUT2D eigenvalue weighted by molar-refractivity contribution is 7.86. The first-order valence-corrected chi connectivity index (χ1v) is 8.95. The second-order valence-electron chi connectivity index (χ2n) is 6.02. The van der Waals surface area contributed by atoms with Crippen LogP contribution in [0.1, 0.15) is 13.8 Å². The fourth-order valence-electron chi connectivity index (χ4n) is 2.56. The molecule has 2 N–H and O–H groups in total. The van der Waals surface area contributed by atoms with Gasteiger partial charge < -0.3 is 14.8 Å². The molecule has 0 amide bonds. The van der Waals surface area contributed by atoms with Gasteiger partial charge in [0.1, 0.15) is 4.90 Å². The van der Waals surface area contributed by atoms with Crippen molar-refractivity contribution in [1.82, 2.24) is 0 Å². The summed E-state index contributed by atoms with van der Waals surface area (Å²) < 4.78 is 43.2. The van der Waals surface area contributed by atoms with Crippen LogP contribution in [0.3, 0.4) is 0 Å². The molecule has 2 aromatic carbocycles. The zero-order chi connectivity index (χ0) is 19.1. The van der Waals surface area contributed by atoms with Gasteiger partial charge in [-0.05, 0) is 11.5 Å². The molecular weight excluding hydrogens is 362 g/mol. The molecule has 8 nitrogen and oxygen atoms in total. The normalized spacial score (nSPS) is 16.8. The van der Waals surface area contributed by atoms with Gasteiger partial charge in [-0.25, -0.2) is 9.59 Å². The van der Waals surface area contributed by atoms with Crippen molar-refractivity contribution in [3.05, 3.63) is 48.2 Å². The first-order valence-electron chi connectivity index (χ1n) is 7.51. The van der Waals surface area contributed by atoms with Crippen LogP contribution in [0.25, 0.3) is 10.8 Å². The zero-order valence-corrected chi connectivity index (χ0v) is 14.7. The fourth-order valence-corrected chi connectivity index (χ4v) is 3.43. The molecule has 0 saturated carbocycles. The third-order valence-corrected chi connectivity index (χ3v) is 4.58. The maximum atomic E-state index is 11.9. The Kier molecular flexibility index (Phi) is 4.21. The van der Waals surface area contributed by atoms with Crippen LogP contribution in [0.2, 0.25) is 0 Å². The quantitative estimate of drug-likeness (QED) is 0.362. The summed E-state index contributed by atoms with van der Waals surface area (Å²) in [5.41, 5.74) is -0.442. The van der Waals surface area contributed by atoms with Crippen molar-refractivity contribution < 1.29 is 32.0 Å². The standard InChI is InChI=1S/C17H15NO7S/c1-17(2)24-15(19)12(16(20)25-17)9-18-13-8-7-10-5-3-4-6-11(10)14(13)26(21,22)23/h3-9,18H,1-2H3,(H,21,22,23). The number of hydrogen-bond donors (Lipinski definition) is 2. The molecule has 3 rings (SSSR count). The monoisotopic (exact) mass is 377 g/mol. The van der Waals surface area contributed by atoms with Crippen molar-refractivity contribution in [2.45, 2.75) is 24.5 Å². The summed E-state index contributed by atoms with van der Waals surface area (Å²) >= 11 is 0. The van der Waals surface area contributed by atoms with Gasteiger partial charge in [-0.3, -0.25) is 4.55 Å². The van der Waals surface area contributed by atoms with E-state index in [0.717, 1.165) is 6.20 Å². The number of benzene rings is 2. The molecular formula is C17H15NO7S. The number of rotatable bonds is 3. The fraction of sp³-hybridized carbons (Fsp3) is 0.176. The molecule has 1 aliphatic rings. The molecule has 0 aromatic heterocycles. The van der Waals surface area contributed by atoms with Crippen molar-refractivity contribution in [2.24, 2.45) is 0 Å². The van der Waals surface area contributed by atoms with Gasteiger partial charge in [0.2, 0.25) is 0 Å². The first-order chi connectivity index (χ1) is 12.1. The van der Waals surface area contributed by atoms with E-state index in [1.165, 1.54) is 26.0 Å². The van der Waals surface area contributed by atoms with Gasteiger partial charge >= 0.3 is 11.9 Å². The van der Waals surface area contributed by atoms with E-state index in [1.807, 2.05) is 0 Å². The number of anilines is 1. The minimum Gasteiger partial charge on any atom is -0.419 e. The number of carbonyl (C=O) groups is 2. The summed E-state index contributed by atoms with van der Waals surface area (Å²) in [6, 6.07) is 9.60. The minimum absolute atomic E-state index is 0.0101. The molecule has 1 heterocycles. The number of esters is 2. The van der Waals surface area contributed by atoms with Crippen LogP contribution in [-0.2, 0) is 29.2 Å². The van der Waals surface area contributed by atoms with Gasteiger partial charge in [0.05, 0.1) is 5.69 Å². The Morgan fingerprint density at radius 1 is 1.04 bits per heavy atom. The van der Waals surface area contributed by atoms with Crippen LogP contribution in [0.5, 0.6) is 0 Å². The van der Waals surface area contributed by atoms with Crippen molar-refractivity contribution in [3.63, 3.8) is 0 Å². The summed E-state index contributed by atoms with van der Waals surface area (Å²) in [6.45, 7) is 2.82. The number of hydrogen-bond acceptors (Lipinski definition) is 7. The van der Waals surface area contributed by atoms with Crippen molar-refractivity contribution in [1.29, 1.82) is 0 Å². The highest BCUT2D eigenvalue weighted by atomic mass is 32.2. The Morgan fingerprint density at radius 3 is 2.27 bits per heavy atom. The van der Waals surface area contributed by atoms with Gasteiger partial charge in [-0.1, -0.05) is 30.3 Å². The lowest BCUT2D eigenvalue weighted by molar-refractivity contribution is -0.222. The number of fused-ring (bicyclic) bond motifs is 1. The Bertz CT molecular complexity index is 1030. The van der Waals surface area contributed by atoms with Crippen molar-refractivity contribution in [2.75, 3.05) is 5.32 Å². The summed E-state index contributed by atoms with van der Waals surface area (Å²) in [5, 5.41) is 3.45. The molecule has 0 bridgehead atoms. The highest BCUT2D eigenvalue weighted by Gasteiger charge is 2.39. The van der Waals surface area contributed by atoms with Crippen molar-refractivity contribution in [3.8, 4) is 0 Å². The third kappa shape index (κ3) is 3.39. The Labute approximate surface area is 149 Å². The smallest absolute Gasteiger partial charge is 0.350 e. The average molecular weight is 377 g/mol. The Morgan fingerprint density at radius 2 is 1.65 bits per heavy atom. The summed E-state index contributed by atoms with van der Waals surface area (Å²) in [7, 11) is -4.58. The predicted molar refractivity (Wildman–Crippen MR) is 91.7 cm³/mol. The van der Waals surface area contributed by atoms with Gasteiger partial charge in [0.25, 0.3) is 15.9 Å². The van der Waals surface area contributed by atoms with E-state index in [4.69, 9.17) is 9.47 Å². The SMILES string of the molecule is CC1(C)OC(=O)C(=CNc2ccc3ccccc3c2S(=O)(=O)O)C(=O)O1. The molecule has 0 radical (unpaired) electrons. The van der Waals surface area contributed by atoms with E-state index in [1.54, 1.807) is 24.3 Å². The van der Waals surface area contributed by atoms with Crippen LogP contribution < -0.4 is 5.32 Å². The maximum Gasteiger partial charge on any atom is 0.350 e. The Balaban J connectivity index is 2.05. The molecule has 0 spiro atoms. The molecule has 2 aromatic rings. The van der Waals surface area contributed by atoms with Crippen LogP contribution in [0.4, 0.5) is 5.69 Å². The van der Waals surface area contributed by atoms with Crippen LogP contribution >= 0.6 is 0 Å². The van der Waals surface area contributed by atoms with E-state index in [-0.39, 0.29) is 16.0 Å². The summed E-state index contributed by atoms with van der Waals surface area (Å²) in [5.74, 6) is -3.20. The van der Waals surface area contributed by atoms with E-state index < -0.39 is 33.4 Å². The minimum atomic E-state index is -4.58. The van der Waals surface area contributed by atoms with E-state index in [0.29, 0.717) is 5.39 Å². The molecule has 1 aliphatic heterocycles. The lowest BCUT2D eigenvalue weighted by atomic mass is 10.1. The molecule has 1 fully saturated rings. The van der Waals surface area contributed by atoms with Gasteiger partial charge in [-0.15, -0.1) is 0 Å². The second-order valence-corrected chi connectivity index (χ2v) is 7.38. The Hall–Kier alpha value is -2.91. The molecule has 0 unspecified atom stereocenters. The summed E-state index contributed by atoms with van der Waals surface area (Å²) in [4.78, 5) is 23.5. The van der Waals surface area contributed by atoms with Crippen molar-refractivity contribution >= 4 is 38.5 Å². The van der Waals surface area contributed by atoms with Crippen LogP contribution in [0, 0.1) is 0 Å². The molecule has 1 saturated heterocycles. The molecule has 0 atom stereocenters.